The van der Waals surface area contributed by atoms with Crippen molar-refractivity contribution in [3.05, 3.63) is 81.1 Å². The minimum atomic E-state index is -0.881. The lowest BCUT2D eigenvalue weighted by Gasteiger charge is -2.11. The number of rotatable bonds is 15. The maximum atomic E-state index is 13.1. The van der Waals surface area contributed by atoms with Gasteiger partial charge in [0.05, 0.1) is 13.5 Å². The number of carbonyl (C=O) groups is 2. The van der Waals surface area contributed by atoms with Gasteiger partial charge in [-0.1, -0.05) is 57.7 Å². The molecule has 2 heterocycles. The molecular formula is C33H40O7. The quantitative estimate of drug-likeness (QED) is 0.0676. The summed E-state index contributed by atoms with van der Waals surface area (Å²) in [5.74, 6) is -0.743. The smallest absolute Gasteiger partial charge is 0.351 e. The van der Waals surface area contributed by atoms with Crippen LogP contribution in [0.1, 0.15) is 105 Å². The molecule has 1 N–H and O–H groups in total. The molecule has 40 heavy (non-hydrogen) atoms. The number of hydrogen-bond donors (Lipinski definition) is 1. The Morgan fingerprint density at radius 1 is 1.05 bits per heavy atom. The summed E-state index contributed by atoms with van der Waals surface area (Å²) in [4.78, 5) is 37.0. The first-order valence-electron chi connectivity index (χ1n) is 14.1. The minimum Gasteiger partial charge on any atom is -0.507 e. The lowest BCUT2D eigenvalue weighted by molar-refractivity contribution is -0.139. The molecule has 1 aromatic carbocycles. The Balaban J connectivity index is 1.67. The summed E-state index contributed by atoms with van der Waals surface area (Å²) in [5.41, 5.74) is 0.941. The second-order valence-corrected chi connectivity index (χ2v) is 10.3. The molecule has 0 radical (unpaired) electrons. The maximum absolute atomic E-state index is 13.1. The highest BCUT2D eigenvalue weighted by Gasteiger charge is 2.22. The molecule has 7 nitrogen and oxygen atoms in total. The van der Waals surface area contributed by atoms with Crippen molar-refractivity contribution in [2.45, 2.75) is 84.5 Å². The van der Waals surface area contributed by atoms with Crippen molar-refractivity contribution in [3.8, 4) is 5.75 Å². The van der Waals surface area contributed by atoms with Crippen molar-refractivity contribution in [2.75, 3.05) is 7.11 Å². The first-order valence-corrected chi connectivity index (χ1v) is 14.1. The molecule has 0 saturated carbocycles. The van der Waals surface area contributed by atoms with Gasteiger partial charge in [-0.2, -0.15) is 0 Å². The van der Waals surface area contributed by atoms with Crippen molar-refractivity contribution < 1.29 is 28.3 Å². The molecule has 0 aliphatic rings. The van der Waals surface area contributed by atoms with Crippen LogP contribution in [-0.2, 0) is 16.0 Å². The molecule has 0 amide bonds. The topological polar surface area (TPSA) is 107 Å². The third-order valence-electron chi connectivity index (χ3n) is 6.99. The number of unbranched alkanes of at least 4 members (excludes halogenated alkanes) is 4. The van der Waals surface area contributed by atoms with Crippen LogP contribution >= 0.6 is 0 Å². The standard InChI is InChI=1S/C33H40O7/c1-5-6-7-8-11-14-24-16-17-28-25(19-24)20-26(39-28)18-23(3)32(36)31-27(34)21-29(40-33(31)37)22(2)13-10-9-12-15-30(35)38-4/h9,12,16-22,34H,5-8,10-11,13-15H2,1-4H3/b12-9+,23-18?. The fourth-order valence-corrected chi connectivity index (χ4v) is 4.57. The molecule has 3 aromatic rings. The number of methoxy groups -OCH3 is 1. The van der Waals surface area contributed by atoms with Gasteiger partial charge in [-0.3, -0.25) is 9.59 Å². The molecule has 0 fully saturated rings. The van der Waals surface area contributed by atoms with Crippen LogP contribution in [0.3, 0.4) is 0 Å². The van der Waals surface area contributed by atoms with Crippen LogP contribution in [0.2, 0.25) is 0 Å². The van der Waals surface area contributed by atoms with Gasteiger partial charge in [-0.15, -0.1) is 0 Å². The number of aryl methyl sites for hydroxylation is 1. The summed E-state index contributed by atoms with van der Waals surface area (Å²) in [6.45, 7) is 5.65. The molecule has 0 spiro atoms. The van der Waals surface area contributed by atoms with Crippen molar-refractivity contribution in [2.24, 2.45) is 0 Å². The molecular weight excluding hydrogens is 508 g/mol. The van der Waals surface area contributed by atoms with Gasteiger partial charge in [-0.25, -0.2) is 4.79 Å². The Morgan fingerprint density at radius 2 is 1.82 bits per heavy atom. The SMILES string of the molecule is CCCCCCCc1ccc2oc(C=C(C)C(=O)c3c(O)cc(C(C)CC/C=C/CC(=O)OC)oc3=O)cc2c1. The Hall–Kier alpha value is -3.87. The first-order chi connectivity index (χ1) is 19.2. The maximum Gasteiger partial charge on any atom is 0.351 e. The monoisotopic (exact) mass is 548 g/mol. The van der Waals surface area contributed by atoms with Crippen molar-refractivity contribution in [1.29, 1.82) is 0 Å². The van der Waals surface area contributed by atoms with E-state index in [1.54, 1.807) is 19.1 Å². The first kappa shape index (κ1) is 30.7. The third-order valence-corrected chi connectivity index (χ3v) is 6.99. The molecule has 1 atom stereocenters. The molecule has 0 bridgehead atoms. The number of ketones is 1. The predicted octanol–water partition coefficient (Wildman–Crippen LogP) is 7.89. The van der Waals surface area contributed by atoms with E-state index in [1.165, 1.54) is 44.4 Å². The molecule has 2 aromatic heterocycles. The summed E-state index contributed by atoms with van der Waals surface area (Å²) in [6, 6.07) is 9.33. The number of allylic oxidation sites excluding steroid dienone is 2. The van der Waals surface area contributed by atoms with Crippen LogP contribution in [0.15, 0.2) is 61.7 Å². The van der Waals surface area contributed by atoms with E-state index in [2.05, 4.69) is 23.8 Å². The molecule has 0 saturated heterocycles. The highest BCUT2D eigenvalue weighted by Crippen LogP contribution is 2.28. The average Bonchev–Trinajstić information content (AvgIpc) is 3.33. The number of aromatic hydroxyl groups is 1. The zero-order valence-corrected chi connectivity index (χ0v) is 24.0. The fraction of sp³-hybridized carbons (Fsp3) is 0.424. The van der Waals surface area contributed by atoms with E-state index in [4.69, 9.17) is 8.83 Å². The second-order valence-electron chi connectivity index (χ2n) is 10.3. The van der Waals surface area contributed by atoms with Crippen LogP contribution in [-0.4, -0.2) is 24.0 Å². The summed E-state index contributed by atoms with van der Waals surface area (Å²) < 4.78 is 15.9. The number of esters is 1. The number of furan rings is 1. The van der Waals surface area contributed by atoms with Gasteiger partial charge < -0.3 is 18.7 Å². The Labute approximate surface area is 235 Å². The Morgan fingerprint density at radius 3 is 2.55 bits per heavy atom. The number of benzene rings is 1. The zero-order chi connectivity index (χ0) is 29.1. The van der Waals surface area contributed by atoms with Crippen molar-refractivity contribution in [3.63, 3.8) is 0 Å². The van der Waals surface area contributed by atoms with Gasteiger partial charge in [0, 0.05) is 22.9 Å². The van der Waals surface area contributed by atoms with Crippen LogP contribution in [0, 0.1) is 0 Å². The largest absolute Gasteiger partial charge is 0.507 e. The summed E-state index contributed by atoms with van der Waals surface area (Å²) >= 11 is 0. The Bertz CT molecular complexity index is 1420. The average molecular weight is 549 g/mol. The van der Waals surface area contributed by atoms with Gasteiger partial charge in [-0.05, 0) is 62.4 Å². The normalized spacial score (nSPS) is 12.8. The van der Waals surface area contributed by atoms with E-state index in [9.17, 15) is 19.5 Å². The lowest BCUT2D eigenvalue weighted by Crippen LogP contribution is -2.16. The zero-order valence-electron chi connectivity index (χ0n) is 24.0. The molecule has 0 aliphatic heterocycles. The minimum absolute atomic E-state index is 0.182. The second kappa shape index (κ2) is 15.1. The van der Waals surface area contributed by atoms with E-state index in [1.807, 2.05) is 25.1 Å². The third kappa shape index (κ3) is 8.57. The van der Waals surface area contributed by atoms with Crippen molar-refractivity contribution in [1.82, 2.24) is 0 Å². The molecule has 7 heteroatoms. The van der Waals surface area contributed by atoms with E-state index < -0.39 is 22.7 Å². The summed E-state index contributed by atoms with van der Waals surface area (Å²) in [5, 5.41) is 11.5. The van der Waals surface area contributed by atoms with E-state index >= 15 is 0 Å². The van der Waals surface area contributed by atoms with Gasteiger partial charge in [0.1, 0.15) is 28.4 Å². The summed E-state index contributed by atoms with van der Waals surface area (Å²) in [7, 11) is 1.34. The lowest BCUT2D eigenvalue weighted by atomic mass is 9.99. The number of fused-ring (bicyclic) bond motifs is 1. The van der Waals surface area contributed by atoms with Gasteiger partial charge >= 0.3 is 11.6 Å². The molecule has 3 rings (SSSR count). The fourth-order valence-electron chi connectivity index (χ4n) is 4.57. The Kier molecular flexibility index (Phi) is 11.5. The number of carbonyl (C=O) groups excluding carboxylic acids is 2. The molecule has 1 unspecified atom stereocenters. The highest BCUT2D eigenvalue weighted by molar-refractivity contribution is 6.12. The number of ether oxygens (including phenoxy) is 1. The molecule has 214 valence electrons. The van der Waals surface area contributed by atoms with Crippen molar-refractivity contribution >= 4 is 28.8 Å². The van der Waals surface area contributed by atoms with E-state index in [-0.39, 0.29) is 23.9 Å². The summed E-state index contributed by atoms with van der Waals surface area (Å²) in [6.07, 6.45) is 13.8. The number of hydrogen-bond acceptors (Lipinski definition) is 7. The van der Waals surface area contributed by atoms with Crippen LogP contribution in [0.4, 0.5) is 0 Å². The predicted molar refractivity (Wildman–Crippen MR) is 157 cm³/mol. The van der Waals surface area contributed by atoms with Crippen LogP contribution in [0.25, 0.3) is 17.0 Å². The van der Waals surface area contributed by atoms with E-state index in [0.717, 1.165) is 23.8 Å². The van der Waals surface area contributed by atoms with E-state index in [0.29, 0.717) is 24.4 Å². The van der Waals surface area contributed by atoms with Gasteiger partial charge in [0.15, 0.2) is 5.78 Å². The van der Waals surface area contributed by atoms with Crippen LogP contribution < -0.4 is 5.63 Å². The number of Topliss-reactive ketones (excluding diaryl/α,β-unsaturated/α-hetero) is 1. The van der Waals surface area contributed by atoms with Gasteiger partial charge in [0.2, 0.25) is 0 Å². The highest BCUT2D eigenvalue weighted by atomic mass is 16.5. The van der Waals surface area contributed by atoms with Gasteiger partial charge in [0.25, 0.3) is 0 Å². The molecule has 0 aliphatic carbocycles. The van der Waals surface area contributed by atoms with Crippen LogP contribution in [0.5, 0.6) is 5.75 Å².